The third-order valence-corrected chi connectivity index (χ3v) is 3.82. The van der Waals surface area contributed by atoms with Crippen LogP contribution in [0.4, 0.5) is 0 Å². The first-order valence-corrected chi connectivity index (χ1v) is 6.44. The van der Waals surface area contributed by atoms with Gasteiger partial charge in [-0.15, -0.1) is 0 Å². The van der Waals surface area contributed by atoms with Crippen LogP contribution in [0, 0.1) is 5.41 Å². The second-order valence-electron chi connectivity index (χ2n) is 5.82. The molecule has 2 heterocycles. The summed E-state index contributed by atoms with van der Waals surface area (Å²) in [4.78, 5) is 16.1. The molecule has 0 spiro atoms. The van der Waals surface area contributed by atoms with E-state index in [1.807, 2.05) is 0 Å². The molecule has 0 radical (unpaired) electrons. The van der Waals surface area contributed by atoms with Crippen LogP contribution in [0.5, 0.6) is 0 Å². The fourth-order valence-corrected chi connectivity index (χ4v) is 2.30. The molecule has 3 rings (SSSR count). The number of nitrogens with one attached hydrogen (secondary N) is 2. The summed E-state index contributed by atoms with van der Waals surface area (Å²) in [5.74, 6) is 0.424. The van der Waals surface area contributed by atoms with Crippen molar-refractivity contribution in [3.8, 4) is 0 Å². The Morgan fingerprint density at radius 2 is 2.33 bits per heavy atom. The molecule has 1 saturated carbocycles. The third kappa shape index (κ3) is 2.12. The normalized spacial score (nSPS) is 29.2. The fraction of sp³-hybridized carbons (Fsp3) is 0.750. The topological polar surface area (TPSA) is 80.0 Å². The Labute approximate surface area is 106 Å². The Morgan fingerprint density at radius 3 is 2.94 bits per heavy atom. The number of rotatable bonds is 3. The van der Waals surface area contributed by atoms with Crippen molar-refractivity contribution in [1.29, 1.82) is 0 Å². The predicted octanol–water partition coefficient (Wildman–Crippen LogP) is 1.02. The van der Waals surface area contributed by atoms with Gasteiger partial charge in [-0.3, -0.25) is 4.79 Å². The molecule has 1 saturated heterocycles. The summed E-state index contributed by atoms with van der Waals surface area (Å²) in [6, 6.07) is 0.341. The van der Waals surface area contributed by atoms with E-state index in [1.165, 1.54) is 0 Å². The molecule has 1 aromatic rings. The van der Waals surface area contributed by atoms with Gasteiger partial charge in [-0.1, -0.05) is 19.0 Å². The molecule has 0 bridgehead atoms. The molecule has 0 aromatic carbocycles. The van der Waals surface area contributed by atoms with Crippen molar-refractivity contribution in [3.05, 3.63) is 11.7 Å². The van der Waals surface area contributed by atoms with Gasteiger partial charge in [-0.05, 0) is 31.2 Å². The van der Waals surface area contributed by atoms with Crippen LogP contribution in [-0.4, -0.2) is 28.6 Å². The Morgan fingerprint density at radius 1 is 1.56 bits per heavy atom. The quantitative estimate of drug-likeness (QED) is 0.837. The lowest BCUT2D eigenvalue weighted by Gasteiger charge is -2.03. The highest BCUT2D eigenvalue weighted by molar-refractivity contribution is 5.90. The number of carbonyl (C=O) groups excluding carboxylic acids is 1. The van der Waals surface area contributed by atoms with E-state index in [-0.39, 0.29) is 29.2 Å². The number of hydrogen-bond acceptors (Lipinski definition) is 5. The zero-order chi connectivity index (χ0) is 12.8. The first-order chi connectivity index (χ1) is 8.56. The van der Waals surface area contributed by atoms with E-state index in [4.69, 9.17) is 4.52 Å². The first kappa shape index (κ1) is 11.6. The van der Waals surface area contributed by atoms with Crippen LogP contribution < -0.4 is 10.6 Å². The molecule has 2 N–H and O–H groups in total. The van der Waals surface area contributed by atoms with Crippen LogP contribution in [0.2, 0.25) is 0 Å². The first-order valence-electron chi connectivity index (χ1n) is 6.44. The highest BCUT2D eigenvalue weighted by atomic mass is 16.5. The van der Waals surface area contributed by atoms with Crippen LogP contribution >= 0.6 is 0 Å². The van der Waals surface area contributed by atoms with Crippen LogP contribution in [-0.2, 0) is 0 Å². The van der Waals surface area contributed by atoms with E-state index < -0.39 is 0 Å². The van der Waals surface area contributed by atoms with Gasteiger partial charge in [-0.25, -0.2) is 0 Å². The lowest BCUT2D eigenvalue weighted by Crippen LogP contribution is -2.29. The van der Waals surface area contributed by atoms with E-state index in [0.29, 0.717) is 5.89 Å². The van der Waals surface area contributed by atoms with Crippen LogP contribution in [0.25, 0.3) is 0 Å². The number of carbonyl (C=O) groups is 1. The Kier molecular flexibility index (Phi) is 2.62. The zero-order valence-corrected chi connectivity index (χ0v) is 10.7. The fourth-order valence-electron chi connectivity index (χ4n) is 2.30. The largest absolute Gasteiger partial charge is 0.346 e. The minimum absolute atomic E-state index is 0.108. The van der Waals surface area contributed by atoms with Gasteiger partial charge < -0.3 is 15.2 Å². The third-order valence-electron chi connectivity index (χ3n) is 3.82. The summed E-state index contributed by atoms with van der Waals surface area (Å²) in [5.41, 5.74) is 0.204. The highest BCUT2D eigenvalue weighted by Crippen LogP contribution is 2.44. The summed E-state index contributed by atoms with van der Waals surface area (Å²) in [7, 11) is 0. The minimum Gasteiger partial charge on any atom is -0.346 e. The SMILES string of the molecule is CC1(C)CC1NC(=O)c1noc(C2CCCN2)n1. The van der Waals surface area contributed by atoms with Gasteiger partial charge in [0.2, 0.25) is 5.89 Å². The highest BCUT2D eigenvalue weighted by Gasteiger charge is 2.47. The molecule has 2 fully saturated rings. The lowest BCUT2D eigenvalue weighted by molar-refractivity contribution is 0.0933. The van der Waals surface area contributed by atoms with Crippen molar-refractivity contribution in [2.45, 2.75) is 45.2 Å². The zero-order valence-electron chi connectivity index (χ0n) is 10.7. The average Bonchev–Trinajstić information content (AvgIpc) is 2.87. The lowest BCUT2D eigenvalue weighted by atomic mass is 10.2. The second kappa shape index (κ2) is 4.05. The molecule has 1 aliphatic heterocycles. The van der Waals surface area contributed by atoms with E-state index >= 15 is 0 Å². The van der Waals surface area contributed by atoms with Crippen molar-refractivity contribution >= 4 is 5.91 Å². The van der Waals surface area contributed by atoms with Crippen molar-refractivity contribution in [2.24, 2.45) is 5.41 Å². The number of hydrogen-bond donors (Lipinski definition) is 2. The van der Waals surface area contributed by atoms with E-state index in [2.05, 4.69) is 34.6 Å². The maximum absolute atomic E-state index is 11.9. The maximum atomic E-state index is 11.9. The van der Waals surface area contributed by atoms with Gasteiger partial charge in [0.25, 0.3) is 11.7 Å². The van der Waals surface area contributed by atoms with Gasteiger partial charge in [0.05, 0.1) is 6.04 Å². The maximum Gasteiger partial charge on any atom is 0.292 e. The Bertz CT molecular complexity index is 462. The molecular weight excluding hydrogens is 232 g/mol. The molecule has 6 nitrogen and oxygen atoms in total. The molecule has 2 unspecified atom stereocenters. The van der Waals surface area contributed by atoms with E-state index in [1.54, 1.807) is 0 Å². The Hall–Kier alpha value is -1.43. The molecule has 2 aliphatic rings. The minimum atomic E-state index is -0.237. The number of nitrogens with zero attached hydrogens (tertiary/aromatic N) is 2. The predicted molar refractivity (Wildman–Crippen MR) is 63.9 cm³/mol. The molecule has 98 valence electrons. The number of aromatic nitrogens is 2. The smallest absolute Gasteiger partial charge is 0.292 e. The molecular formula is C12H18N4O2. The van der Waals surface area contributed by atoms with Gasteiger partial charge in [-0.2, -0.15) is 4.98 Å². The Balaban J connectivity index is 1.64. The molecule has 18 heavy (non-hydrogen) atoms. The van der Waals surface area contributed by atoms with Crippen molar-refractivity contribution < 1.29 is 9.32 Å². The van der Waals surface area contributed by atoms with Crippen molar-refractivity contribution in [1.82, 2.24) is 20.8 Å². The summed E-state index contributed by atoms with van der Waals surface area (Å²) in [6.07, 6.45) is 3.09. The summed E-state index contributed by atoms with van der Waals surface area (Å²) < 4.78 is 5.14. The van der Waals surface area contributed by atoms with Crippen LogP contribution in [0.3, 0.4) is 0 Å². The standard InChI is InChI=1S/C12H18N4O2/c1-12(2)6-8(12)14-10(17)9-15-11(18-16-9)7-4-3-5-13-7/h7-8,13H,3-6H2,1-2H3,(H,14,17). The van der Waals surface area contributed by atoms with Gasteiger partial charge in [0.15, 0.2) is 0 Å². The van der Waals surface area contributed by atoms with Gasteiger partial charge in [0.1, 0.15) is 0 Å². The molecule has 1 aliphatic carbocycles. The monoisotopic (exact) mass is 250 g/mol. The van der Waals surface area contributed by atoms with Gasteiger partial charge in [0, 0.05) is 6.04 Å². The molecule has 2 atom stereocenters. The summed E-state index contributed by atoms with van der Waals surface area (Å²) >= 11 is 0. The average molecular weight is 250 g/mol. The molecule has 1 amide bonds. The van der Waals surface area contributed by atoms with Crippen molar-refractivity contribution in [2.75, 3.05) is 6.54 Å². The van der Waals surface area contributed by atoms with Crippen LogP contribution in [0.1, 0.15) is 55.7 Å². The molecule has 1 aromatic heterocycles. The van der Waals surface area contributed by atoms with Gasteiger partial charge >= 0.3 is 0 Å². The summed E-state index contributed by atoms with van der Waals surface area (Å²) in [6.45, 7) is 5.22. The van der Waals surface area contributed by atoms with E-state index in [0.717, 1.165) is 25.8 Å². The summed E-state index contributed by atoms with van der Waals surface area (Å²) in [5, 5.41) is 9.93. The van der Waals surface area contributed by atoms with E-state index in [9.17, 15) is 4.79 Å². The van der Waals surface area contributed by atoms with Crippen molar-refractivity contribution in [3.63, 3.8) is 0 Å². The molecule has 6 heteroatoms. The number of amides is 1. The second-order valence-corrected chi connectivity index (χ2v) is 5.82. The van der Waals surface area contributed by atoms with Crippen LogP contribution in [0.15, 0.2) is 4.52 Å².